The van der Waals surface area contributed by atoms with Gasteiger partial charge in [0, 0.05) is 19.6 Å². The number of carboxylic acids is 1. The molecule has 0 saturated heterocycles. The number of carbonyl (C=O) groups is 1. The first-order chi connectivity index (χ1) is 8.61. The zero-order valence-corrected chi connectivity index (χ0v) is 10.5. The molecule has 0 fully saturated rings. The zero-order valence-electron chi connectivity index (χ0n) is 10.5. The first kappa shape index (κ1) is 13.1. The van der Waals surface area contributed by atoms with E-state index in [1.54, 1.807) is 0 Å². The molecule has 2 unspecified atom stereocenters. The van der Waals surface area contributed by atoms with Gasteiger partial charge in [0.05, 0.1) is 12.0 Å². The Bertz CT molecular complexity index is 433. The number of hydrogen-bond acceptors (Lipinski definition) is 3. The summed E-state index contributed by atoms with van der Waals surface area (Å²) >= 11 is 0. The van der Waals surface area contributed by atoms with Crippen molar-refractivity contribution in [3.63, 3.8) is 0 Å². The van der Waals surface area contributed by atoms with Crippen molar-refractivity contribution >= 4 is 5.97 Å². The highest BCUT2D eigenvalue weighted by atomic mass is 16.4. The fourth-order valence-corrected chi connectivity index (χ4v) is 2.46. The van der Waals surface area contributed by atoms with Crippen molar-refractivity contribution < 1.29 is 15.0 Å². The third-order valence-electron chi connectivity index (χ3n) is 3.50. The topological polar surface area (TPSA) is 60.8 Å². The highest BCUT2D eigenvalue weighted by molar-refractivity contribution is 5.77. The molecule has 1 aromatic rings. The van der Waals surface area contributed by atoms with Gasteiger partial charge in [-0.1, -0.05) is 31.2 Å². The van der Waals surface area contributed by atoms with Crippen molar-refractivity contribution in [2.75, 3.05) is 13.1 Å². The van der Waals surface area contributed by atoms with Crippen molar-refractivity contribution in [2.45, 2.75) is 31.9 Å². The third kappa shape index (κ3) is 2.71. The van der Waals surface area contributed by atoms with E-state index < -0.39 is 11.9 Å². The second-order valence-corrected chi connectivity index (χ2v) is 4.85. The summed E-state index contributed by atoms with van der Waals surface area (Å²) in [5, 5.41) is 19.0. The van der Waals surface area contributed by atoms with Crippen LogP contribution >= 0.6 is 0 Å². The molecule has 4 nitrogen and oxygen atoms in total. The number of aliphatic hydroxyl groups excluding tert-OH is 1. The molecular formula is C14H19NO3. The Balaban J connectivity index is 2.20. The number of fused-ring (bicyclic) bond motifs is 1. The van der Waals surface area contributed by atoms with E-state index in [4.69, 9.17) is 0 Å². The Labute approximate surface area is 107 Å². The van der Waals surface area contributed by atoms with Gasteiger partial charge in [0.15, 0.2) is 0 Å². The van der Waals surface area contributed by atoms with Crippen LogP contribution in [-0.2, 0) is 11.3 Å². The largest absolute Gasteiger partial charge is 0.481 e. The van der Waals surface area contributed by atoms with Gasteiger partial charge in [0.1, 0.15) is 0 Å². The van der Waals surface area contributed by atoms with Gasteiger partial charge in [-0.15, -0.1) is 0 Å². The first-order valence-electron chi connectivity index (χ1n) is 6.32. The quantitative estimate of drug-likeness (QED) is 0.847. The van der Waals surface area contributed by atoms with Crippen LogP contribution in [0.15, 0.2) is 24.3 Å². The van der Waals surface area contributed by atoms with Crippen molar-refractivity contribution in [2.24, 2.45) is 0 Å². The van der Waals surface area contributed by atoms with Crippen LogP contribution in [0.25, 0.3) is 0 Å². The molecule has 0 spiro atoms. The van der Waals surface area contributed by atoms with Crippen LogP contribution in [-0.4, -0.2) is 40.3 Å². The van der Waals surface area contributed by atoms with Crippen LogP contribution in [0.2, 0.25) is 0 Å². The Morgan fingerprint density at radius 1 is 1.50 bits per heavy atom. The van der Waals surface area contributed by atoms with Crippen LogP contribution in [0, 0.1) is 0 Å². The smallest absolute Gasteiger partial charge is 0.312 e. The van der Waals surface area contributed by atoms with Crippen LogP contribution in [0.3, 0.4) is 0 Å². The summed E-state index contributed by atoms with van der Waals surface area (Å²) in [6.45, 7) is 3.66. The molecule has 1 aliphatic rings. The maximum atomic E-state index is 11.3. The van der Waals surface area contributed by atoms with E-state index in [2.05, 4.69) is 0 Å². The Hall–Kier alpha value is -1.39. The van der Waals surface area contributed by atoms with Gasteiger partial charge in [0.2, 0.25) is 0 Å². The summed E-state index contributed by atoms with van der Waals surface area (Å²) < 4.78 is 0. The molecule has 98 valence electrons. The summed E-state index contributed by atoms with van der Waals surface area (Å²) in [6, 6.07) is 7.67. The number of carboxylic acid groups (broad SMARTS) is 1. The molecule has 0 saturated carbocycles. The Morgan fingerprint density at radius 3 is 2.89 bits per heavy atom. The highest BCUT2D eigenvalue weighted by Gasteiger charge is 2.30. The fraction of sp³-hybridized carbons (Fsp3) is 0.500. The Kier molecular flexibility index (Phi) is 3.99. The van der Waals surface area contributed by atoms with Crippen molar-refractivity contribution in [3.8, 4) is 0 Å². The zero-order chi connectivity index (χ0) is 13.1. The average Bonchev–Trinajstić information content (AvgIpc) is 2.37. The average molecular weight is 249 g/mol. The van der Waals surface area contributed by atoms with E-state index in [9.17, 15) is 15.0 Å². The lowest BCUT2D eigenvalue weighted by Crippen LogP contribution is -2.40. The SMILES string of the molecule is CCC(O)CN1Cc2ccccc2C(C(=O)O)C1. The van der Waals surface area contributed by atoms with Crippen LogP contribution in [0.1, 0.15) is 30.4 Å². The Morgan fingerprint density at radius 2 is 2.22 bits per heavy atom. The first-order valence-corrected chi connectivity index (χ1v) is 6.32. The van der Waals surface area contributed by atoms with E-state index in [0.717, 1.165) is 17.7 Å². The number of benzene rings is 1. The second kappa shape index (κ2) is 5.50. The lowest BCUT2D eigenvalue weighted by Gasteiger charge is -2.33. The number of nitrogens with zero attached hydrogens (tertiary/aromatic N) is 1. The van der Waals surface area contributed by atoms with Gasteiger partial charge < -0.3 is 10.2 Å². The maximum Gasteiger partial charge on any atom is 0.312 e. The molecule has 0 aromatic heterocycles. The number of β-amino-alcohol motifs (C(OH)–C–C–N with tert-alkyl or cyclic N) is 1. The van der Waals surface area contributed by atoms with Crippen LogP contribution in [0.4, 0.5) is 0 Å². The maximum absolute atomic E-state index is 11.3. The van der Waals surface area contributed by atoms with Gasteiger partial charge in [-0.05, 0) is 17.5 Å². The fourth-order valence-electron chi connectivity index (χ4n) is 2.46. The van der Waals surface area contributed by atoms with E-state index in [0.29, 0.717) is 19.5 Å². The number of aliphatic hydroxyl groups is 1. The summed E-state index contributed by atoms with van der Waals surface area (Å²) in [7, 11) is 0. The lowest BCUT2D eigenvalue weighted by molar-refractivity contribution is -0.139. The standard InChI is InChI=1S/C14H19NO3/c1-2-11(16)8-15-7-10-5-3-4-6-12(10)13(9-15)14(17)18/h3-6,11,13,16H,2,7-9H2,1H3,(H,17,18). The molecule has 1 aromatic carbocycles. The number of hydrogen-bond donors (Lipinski definition) is 2. The van der Waals surface area contributed by atoms with Gasteiger partial charge >= 0.3 is 5.97 Å². The molecule has 0 amide bonds. The van der Waals surface area contributed by atoms with Gasteiger partial charge in [-0.3, -0.25) is 9.69 Å². The van der Waals surface area contributed by atoms with E-state index in [1.165, 1.54) is 0 Å². The molecule has 2 N–H and O–H groups in total. The van der Waals surface area contributed by atoms with Crippen LogP contribution in [0.5, 0.6) is 0 Å². The monoisotopic (exact) mass is 249 g/mol. The summed E-state index contributed by atoms with van der Waals surface area (Å²) in [5.41, 5.74) is 1.96. The molecule has 1 heterocycles. The van der Waals surface area contributed by atoms with E-state index in [1.807, 2.05) is 36.1 Å². The molecule has 1 aliphatic heterocycles. The molecular weight excluding hydrogens is 230 g/mol. The molecule has 18 heavy (non-hydrogen) atoms. The van der Waals surface area contributed by atoms with Gasteiger partial charge in [-0.2, -0.15) is 0 Å². The normalized spacial score (nSPS) is 21.3. The minimum Gasteiger partial charge on any atom is -0.481 e. The van der Waals surface area contributed by atoms with Crippen LogP contribution < -0.4 is 0 Å². The van der Waals surface area contributed by atoms with Crippen molar-refractivity contribution in [1.82, 2.24) is 4.90 Å². The predicted molar refractivity (Wildman–Crippen MR) is 68.4 cm³/mol. The molecule has 4 heteroatoms. The third-order valence-corrected chi connectivity index (χ3v) is 3.50. The highest BCUT2D eigenvalue weighted by Crippen LogP contribution is 2.28. The molecule has 0 aliphatic carbocycles. The summed E-state index contributed by atoms with van der Waals surface area (Å²) in [4.78, 5) is 13.4. The molecule has 0 bridgehead atoms. The lowest BCUT2D eigenvalue weighted by atomic mass is 9.89. The molecule has 2 rings (SSSR count). The summed E-state index contributed by atoms with van der Waals surface area (Å²) in [5.74, 6) is -1.28. The minimum absolute atomic E-state index is 0.385. The molecule has 2 atom stereocenters. The number of aliphatic carboxylic acids is 1. The van der Waals surface area contributed by atoms with Crippen molar-refractivity contribution in [1.29, 1.82) is 0 Å². The second-order valence-electron chi connectivity index (χ2n) is 4.85. The van der Waals surface area contributed by atoms with Gasteiger partial charge in [-0.25, -0.2) is 0 Å². The minimum atomic E-state index is -0.793. The predicted octanol–water partition coefficient (Wildman–Crippen LogP) is 1.44. The van der Waals surface area contributed by atoms with E-state index >= 15 is 0 Å². The van der Waals surface area contributed by atoms with Gasteiger partial charge in [0.25, 0.3) is 0 Å². The van der Waals surface area contributed by atoms with Crippen molar-refractivity contribution in [3.05, 3.63) is 35.4 Å². The summed E-state index contributed by atoms with van der Waals surface area (Å²) in [6.07, 6.45) is 0.306. The molecule has 0 radical (unpaired) electrons. The number of rotatable bonds is 4. The van der Waals surface area contributed by atoms with E-state index in [-0.39, 0.29) is 6.10 Å².